The van der Waals surface area contributed by atoms with Gasteiger partial charge in [0, 0.05) is 6.42 Å². The van der Waals surface area contributed by atoms with Crippen molar-refractivity contribution >= 4 is 17.3 Å². The Morgan fingerprint density at radius 3 is 2.79 bits per heavy atom. The Kier molecular flexibility index (Phi) is 7.49. The molecule has 0 saturated heterocycles. The lowest BCUT2D eigenvalue weighted by molar-refractivity contribution is 0.0478. The Morgan fingerprint density at radius 2 is 2.00 bits per heavy atom. The van der Waals surface area contributed by atoms with Crippen molar-refractivity contribution in [3.63, 3.8) is 0 Å². The lowest BCUT2D eigenvalue weighted by atomic mass is 10.1. The van der Waals surface area contributed by atoms with Crippen LogP contribution in [0.3, 0.4) is 0 Å². The van der Waals surface area contributed by atoms with Crippen molar-refractivity contribution in [2.24, 2.45) is 0 Å². The Morgan fingerprint density at radius 1 is 1.18 bits per heavy atom. The van der Waals surface area contributed by atoms with Gasteiger partial charge < -0.3 is 13.9 Å². The zero-order valence-electron chi connectivity index (χ0n) is 18.9. The summed E-state index contributed by atoms with van der Waals surface area (Å²) in [6.07, 6.45) is 10.9. The standard InChI is InChI=1S/C26H24N2O5S/c1-3-31-26(30)24-23(32-15-18-11-7-5-8-12-18)22(29)20(16-33-24)25-28-27-21(34-25)14-19-13-9-4-6-10-17(19)2/h4-9,11-13,16H,3,10,14-15H2,1-2H3. The van der Waals surface area contributed by atoms with Gasteiger partial charge in [0.15, 0.2) is 5.01 Å². The highest BCUT2D eigenvalue weighted by molar-refractivity contribution is 7.14. The maximum atomic E-state index is 13.3. The fourth-order valence-corrected chi connectivity index (χ4v) is 4.24. The van der Waals surface area contributed by atoms with Crippen LogP contribution in [-0.4, -0.2) is 22.8 Å². The molecule has 2 aromatic heterocycles. The molecule has 1 aromatic carbocycles. The number of aromatic nitrogens is 2. The van der Waals surface area contributed by atoms with Gasteiger partial charge in [-0.15, -0.1) is 10.2 Å². The van der Waals surface area contributed by atoms with Crippen LogP contribution in [0.1, 0.15) is 41.4 Å². The monoisotopic (exact) mass is 476 g/mol. The lowest BCUT2D eigenvalue weighted by Gasteiger charge is -2.10. The van der Waals surface area contributed by atoms with Gasteiger partial charge >= 0.3 is 5.97 Å². The number of benzene rings is 1. The predicted octanol–water partition coefficient (Wildman–Crippen LogP) is 5.29. The highest BCUT2D eigenvalue weighted by Gasteiger charge is 2.25. The van der Waals surface area contributed by atoms with Gasteiger partial charge in [0.05, 0.1) is 12.2 Å². The van der Waals surface area contributed by atoms with Gasteiger partial charge in [-0.3, -0.25) is 4.79 Å². The molecule has 174 valence electrons. The van der Waals surface area contributed by atoms with Crippen molar-refractivity contribution in [1.82, 2.24) is 10.2 Å². The molecule has 3 aromatic rings. The van der Waals surface area contributed by atoms with Crippen molar-refractivity contribution in [3.05, 3.63) is 98.6 Å². The molecular weight excluding hydrogens is 452 g/mol. The van der Waals surface area contributed by atoms with E-state index in [9.17, 15) is 9.59 Å². The quantitative estimate of drug-likeness (QED) is 0.408. The van der Waals surface area contributed by atoms with Crippen LogP contribution in [0.25, 0.3) is 10.6 Å². The first-order chi connectivity index (χ1) is 16.6. The van der Waals surface area contributed by atoms with Crippen LogP contribution >= 0.6 is 11.3 Å². The van der Waals surface area contributed by atoms with Crippen molar-refractivity contribution in [1.29, 1.82) is 0 Å². The third kappa shape index (κ3) is 5.40. The van der Waals surface area contributed by atoms with Crippen LogP contribution < -0.4 is 10.2 Å². The number of carbonyl (C=O) groups excluding carboxylic acids is 1. The molecule has 0 fully saturated rings. The van der Waals surface area contributed by atoms with E-state index in [1.165, 1.54) is 28.7 Å². The molecule has 0 spiro atoms. The summed E-state index contributed by atoms with van der Waals surface area (Å²) in [6, 6.07) is 9.34. The van der Waals surface area contributed by atoms with Crippen molar-refractivity contribution in [2.45, 2.75) is 33.3 Å². The number of esters is 1. The second-order valence-corrected chi connectivity index (χ2v) is 8.67. The van der Waals surface area contributed by atoms with E-state index in [1.54, 1.807) is 6.92 Å². The molecule has 0 aliphatic heterocycles. The molecule has 1 aliphatic rings. The Balaban J connectivity index is 1.65. The van der Waals surface area contributed by atoms with Crippen LogP contribution in [0.5, 0.6) is 5.75 Å². The molecule has 2 heterocycles. The second kappa shape index (κ2) is 10.9. The minimum atomic E-state index is -0.761. The third-order valence-corrected chi connectivity index (χ3v) is 6.15. The summed E-state index contributed by atoms with van der Waals surface area (Å²) >= 11 is 1.31. The average Bonchev–Trinajstić information content (AvgIpc) is 3.21. The van der Waals surface area contributed by atoms with Crippen LogP contribution in [0.2, 0.25) is 0 Å². The molecule has 34 heavy (non-hydrogen) atoms. The zero-order chi connectivity index (χ0) is 23.9. The predicted molar refractivity (Wildman–Crippen MR) is 130 cm³/mol. The molecule has 4 rings (SSSR count). The summed E-state index contributed by atoms with van der Waals surface area (Å²) < 4.78 is 16.3. The summed E-state index contributed by atoms with van der Waals surface area (Å²) in [4.78, 5) is 25.7. The number of carbonyl (C=O) groups is 1. The SMILES string of the molecule is CCOC(=O)c1occ(-c2nnc(CC3=C(C)CC=CC=C3)s2)c(=O)c1OCc1ccccc1. The molecule has 0 saturated carbocycles. The van der Waals surface area contributed by atoms with E-state index in [0.717, 1.165) is 17.0 Å². The summed E-state index contributed by atoms with van der Waals surface area (Å²) in [5, 5.41) is 9.65. The first kappa shape index (κ1) is 23.4. The van der Waals surface area contributed by atoms with E-state index in [-0.39, 0.29) is 30.3 Å². The maximum Gasteiger partial charge on any atom is 0.378 e. The molecular formula is C26H24N2O5S. The summed E-state index contributed by atoms with van der Waals surface area (Å²) in [6.45, 7) is 4.00. The molecule has 0 bridgehead atoms. The molecule has 0 atom stereocenters. The van der Waals surface area contributed by atoms with Gasteiger partial charge in [-0.2, -0.15) is 0 Å². The van der Waals surface area contributed by atoms with Crippen LogP contribution in [0, 0.1) is 0 Å². The number of hydrogen-bond donors (Lipinski definition) is 0. The van der Waals surface area contributed by atoms with Gasteiger partial charge in [-0.25, -0.2) is 4.79 Å². The number of allylic oxidation sites excluding steroid dienone is 6. The Hall–Kier alpha value is -3.78. The smallest absolute Gasteiger partial charge is 0.378 e. The highest BCUT2D eigenvalue weighted by Crippen LogP contribution is 2.28. The number of rotatable bonds is 8. The van der Waals surface area contributed by atoms with Gasteiger partial charge in [0.25, 0.3) is 5.76 Å². The first-order valence-electron chi connectivity index (χ1n) is 10.9. The molecule has 7 nitrogen and oxygen atoms in total. The first-order valence-corrected chi connectivity index (χ1v) is 11.7. The van der Waals surface area contributed by atoms with Gasteiger partial charge in [0.1, 0.15) is 17.9 Å². The van der Waals surface area contributed by atoms with Crippen LogP contribution in [0.4, 0.5) is 0 Å². The fourth-order valence-electron chi connectivity index (χ4n) is 3.37. The average molecular weight is 477 g/mol. The van der Waals surface area contributed by atoms with E-state index < -0.39 is 11.4 Å². The highest BCUT2D eigenvalue weighted by atomic mass is 32.1. The molecule has 0 unspecified atom stereocenters. The zero-order valence-corrected chi connectivity index (χ0v) is 19.8. The normalized spacial score (nSPS) is 13.1. The molecule has 0 amide bonds. The van der Waals surface area contributed by atoms with Crippen LogP contribution in [-0.2, 0) is 17.8 Å². The molecule has 0 N–H and O–H groups in total. The Bertz CT molecular complexity index is 1320. The van der Waals surface area contributed by atoms with Crippen molar-refractivity contribution in [2.75, 3.05) is 6.61 Å². The van der Waals surface area contributed by atoms with E-state index in [2.05, 4.69) is 29.3 Å². The maximum absolute atomic E-state index is 13.3. The largest absolute Gasteiger partial charge is 0.481 e. The van der Waals surface area contributed by atoms with Gasteiger partial charge in [-0.05, 0) is 31.4 Å². The number of hydrogen-bond acceptors (Lipinski definition) is 8. The van der Waals surface area contributed by atoms with Gasteiger partial charge in [0.2, 0.25) is 11.2 Å². The minimum absolute atomic E-state index is 0.0939. The Labute approximate surface area is 201 Å². The van der Waals surface area contributed by atoms with Crippen molar-refractivity contribution < 1.29 is 18.7 Å². The third-order valence-electron chi connectivity index (χ3n) is 5.19. The van der Waals surface area contributed by atoms with E-state index >= 15 is 0 Å². The van der Waals surface area contributed by atoms with Crippen LogP contribution in [0.15, 0.2) is 81.3 Å². The summed E-state index contributed by atoms with van der Waals surface area (Å²) in [5.74, 6) is -1.23. The summed E-state index contributed by atoms with van der Waals surface area (Å²) in [5.41, 5.74) is 2.96. The summed E-state index contributed by atoms with van der Waals surface area (Å²) in [7, 11) is 0. The van der Waals surface area contributed by atoms with E-state index in [1.807, 2.05) is 42.5 Å². The van der Waals surface area contributed by atoms with E-state index in [0.29, 0.717) is 11.4 Å². The topological polar surface area (TPSA) is 91.5 Å². The molecule has 1 aliphatic carbocycles. The molecule has 0 radical (unpaired) electrons. The van der Waals surface area contributed by atoms with Gasteiger partial charge in [-0.1, -0.05) is 71.5 Å². The number of nitrogens with zero attached hydrogens (tertiary/aromatic N) is 2. The second-order valence-electron chi connectivity index (χ2n) is 7.61. The number of ether oxygens (including phenoxy) is 2. The fraction of sp³-hybridized carbons (Fsp3) is 0.231. The van der Waals surface area contributed by atoms with Crippen molar-refractivity contribution in [3.8, 4) is 16.3 Å². The molecule has 8 heteroatoms. The lowest BCUT2D eigenvalue weighted by Crippen LogP contribution is -2.17. The van der Waals surface area contributed by atoms with E-state index in [4.69, 9.17) is 13.9 Å². The minimum Gasteiger partial charge on any atom is -0.481 e.